The van der Waals surface area contributed by atoms with Gasteiger partial charge < -0.3 is 10.6 Å². The summed E-state index contributed by atoms with van der Waals surface area (Å²) in [4.78, 5) is 24.3. The number of nitrogens with one attached hydrogen (secondary N) is 3. The summed E-state index contributed by atoms with van der Waals surface area (Å²) < 4.78 is 27.2. The zero-order valence-electron chi connectivity index (χ0n) is 16.6. The number of rotatable bonds is 6. The van der Waals surface area contributed by atoms with E-state index >= 15 is 0 Å². The minimum absolute atomic E-state index is 0.0627. The summed E-state index contributed by atoms with van der Waals surface area (Å²) in [5, 5.41) is 12.0. The fraction of sp³-hybridized carbons (Fsp3) is 0.400. The molecule has 0 radical (unpaired) electrons. The van der Waals surface area contributed by atoms with Crippen molar-refractivity contribution in [3.05, 3.63) is 46.1 Å². The molecule has 4 rings (SSSR count). The number of nitrogens with zero attached hydrogens (tertiary/aromatic N) is 2. The van der Waals surface area contributed by atoms with E-state index in [1.165, 1.54) is 35.5 Å². The number of fused-ring (bicyclic) bond motifs is 2. The lowest BCUT2D eigenvalue weighted by atomic mass is 9.98. The normalized spacial score (nSPS) is 14.8. The fourth-order valence-electron chi connectivity index (χ4n) is 4.13. The van der Waals surface area contributed by atoms with Crippen molar-refractivity contribution in [1.82, 2.24) is 20.2 Å². The van der Waals surface area contributed by atoms with Gasteiger partial charge in [0.15, 0.2) is 5.03 Å². The highest BCUT2D eigenvalue weighted by Crippen LogP contribution is 2.38. The molecule has 0 saturated heterocycles. The maximum atomic E-state index is 12.6. The molecule has 0 unspecified atom stereocenters. The van der Waals surface area contributed by atoms with E-state index in [-0.39, 0.29) is 5.56 Å². The first-order valence-corrected chi connectivity index (χ1v) is 11.4. The number of sulfonamides is 1. The monoisotopic (exact) mass is 429 g/mol. The van der Waals surface area contributed by atoms with Crippen molar-refractivity contribution in [2.45, 2.75) is 43.6 Å². The molecule has 1 aromatic heterocycles. The third kappa shape index (κ3) is 3.92. The van der Waals surface area contributed by atoms with Crippen molar-refractivity contribution in [2.24, 2.45) is 0 Å². The summed E-state index contributed by atoms with van der Waals surface area (Å²) in [5.74, 6) is -0.922. The van der Waals surface area contributed by atoms with Crippen molar-refractivity contribution in [3.8, 4) is 0 Å². The Morgan fingerprint density at radius 3 is 2.33 bits per heavy atom. The summed E-state index contributed by atoms with van der Waals surface area (Å²) >= 11 is 0. The van der Waals surface area contributed by atoms with Crippen LogP contribution in [0.3, 0.4) is 0 Å². The molecule has 30 heavy (non-hydrogen) atoms. The molecule has 2 amide bonds. The molecule has 0 atom stereocenters. The van der Waals surface area contributed by atoms with E-state index in [4.69, 9.17) is 0 Å². The Bertz CT molecular complexity index is 1100. The van der Waals surface area contributed by atoms with Gasteiger partial charge in [-0.05, 0) is 66.8 Å². The quantitative estimate of drug-likeness (QED) is 0.621. The topological polar surface area (TPSA) is 130 Å². The van der Waals surface area contributed by atoms with Crippen LogP contribution >= 0.6 is 0 Å². The average molecular weight is 430 g/mol. The number of anilines is 1. The van der Waals surface area contributed by atoms with Crippen LogP contribution in [0.15, 0.2) is 23.4 Å². The number of amides is 2. The summed E-state index contributed by atoms with van der Waals surface area (Å²) in [6.07, 6.45) is 7.16. The standard InChI is InChI=1S/C20H23N5O4S/c1-21-20(27)14-9-18(25-22-10-14)30(28,29)23-11-17(26)24-19-15-6-2-4-12(15)8-13-5-3-7-16(13)19/h8-10,23H,2-7,11H2,1H3,(H,21,27)(H,24,26). The highest BCUT2D eigenvalue weighted by molar-refractivity contribution is 7.89. The smallest absolute Gasteiger partial charge is 0.260 e. The predicted molar refractivity (Wildman–Crippen MR) is 110 cm³/mol. The van der Waals surface area contributed by atoms with E-state index in [1.807, 2.05) is 0 Å². The Balaban J connectivity index is 1.48. The molecule has 9 nitrogen and oxygen atoms in total. The van der Waals surface area contributed by atoms with Gasteiger partial charge >= 0.3 is 0 Å². The van der Waals surface area contributed by atoms with Gasteiger partial charge in [0.2, 0.25) is 5.91 Å². The Morgan fingerprint density at radius 1 is 1.03 bits per heavy atom. The molecule has 1 aromatic carbocycles. The summed E-state index contributed by atoms with van der Waals surface area (Å²) in [6.45, 7) is -0.438. The van der Waals surface area contributed by atoms with Crippen molar-refractivity contribution in [1.29, 1.82) is 0 Å². The van der Waals surface area contributed by atoms with Gasteiger partial charge in [-0.15, -0.1) is 5.10 Å². The van der Waals surface area contributed by atoms with Crippen LogP contribution in [0.5, 0.6) is 0 Å². The van der Waals surface area contributed by atoms with E-state index in [2.05, 4.69) is 31.6 Å². The Labute approximate surface area is 174 Å². The molecule has 2 aromatic rings. The van der Waals surface area contributed by atoms with Crippen LogP contribution in [0.25, 0.3) is 0 Å². The van der Waals surface area contributed by atoms with Gasteiger partial charge in [0.1, 0.15) is 0 Å². The third-order valence-electron chi connectivity index (χ3n) is 5.56. The van der Waals surface area contributed by atoms with Gasteiger partial charge in [-0.2, -0.15) is 5.10 Å². The summed E-state index contributed by atoms with van der Waals surface area (Å²) in [6, 6.07) is 3.38. The van der Waals surface area contributed by atoms with Crippen LogP contribution < -0.4 is 15.4 Å². The summed E-state index contributed by atoms with van der Waals surface area (Å²) in [7, 11) is -2.67. The van der Waals surface area contributed by atoms with Crippen LogP contribution in [0.2, 0.25) is 0 Å². The van der Waals surface area contributed by atoms with Gasteiger partial charge in [0.25, 0.3) is 15.9 Å². The van der Waals surface area contributed by atoms with Crippen molar-refractivity contribution in [2.75, 3.05) is 18.9 Å². The number of carbonyl (C=O) groups is 2. The maximum Gasteiger partial charge on any atom is 0.260 e. The van der Waals surface area contributed by atoms with Gasteiger partial charge in [-0.25, -0.2) is 13.1 Å². The molecule has 0 bridgehead atoms. The number of aromatic nitrogens is 2. The second-order valence-electron chi connectivity index (χ2n) is 7.47. The highest BCUT2D eigenvalue weighted by atomic mass is 32.2. The highest BCUT2D eigenvalue weighted by Gasteiger charge is 2.26. The van der Waals surface area contributed by atoms with Crippen molar-refractivity contribution < 1.29 is 18.0 Å². The fourth-order valence-corrected chi connectivity index (χ4v) is 5.04. The molecule has 2 aliphatic rings. The second-order valence-corrected chi connectivity index (χ2v) is 9.18. The zero-order valence-corrected chi connectivity index (χ0v) is 17.4. The first-order valence-electron chi connectivity index (χ1n) is 9.90. The molecule has 0 saturated carbocycles. The van der Waals surface area contributed by atoms with Crippen LogP contribution in [-0.4, -0.2) is 44.0 Å². The van der Waals surface area contributed by atoms with Crippen molar-refractivity contribution >= 4 is 27.5 Å². The molecule has 3 N–H and O–H groups in total. The Morgan fingerprint density at radius 2 is 1.70 bits per heavy atom. The Kier molecular flexibility index (Phi) is 5.52. The van der Waals surface area contributed by atoms with E-state index in [0.29, 0.717) is 0 Å². The largest absolute Gasteiger partial charge is 0.355 e. The van der Waals surface area contributed by atoms with Crippen LogP contribution in [0, 0.1) is 0 Å². The predicted octanol–water partition coefficient (Wildman–Crippen LogP) is 0.731. The molecule has 0 aliphatic heterocycles. The SMILES string of the molecule is CNC(=O)c1cnnc(S(=O)(=O)NCC(=O)Nc2c3c(cc4c2CCC4)CCC3)c1. The molecule has 0 fully saturated rings. The van der Waals surface area contributed by atoms with Crippen LogP contribution in [0.1, 0.15) is 45.5 Å². The van der Waals surface area contributed by atoms with Gasteiger partial charge in [0.05, 0.1) is 18.3 Å². The average Bonchev–Trinajstić information content (AvgIpc) is 3.41. The molecular weight excluding hydrogens is 406 g/mol. The summed E-state index contributed by atoms with van der Waals surface area (Å²) in [5.41, 5.74) is 5.85. The number of hydrogen-bond donors (Lipinski definition) is 3. The number of hydrogen-bond acceptors (Lipinski definition) is 6. The van der Waals surface area contributed by atoms with E-state index in [0.717, 1.165) is 50.3 Å². The first-order chi connectivity index (χ1) is 14.4. The minimum Gasteiger partial charge on any atom is -0.355 e. The zero-order chi connectivity index (χ0) is 21.3. The second kappa shape index (κ2) is 8.11. The van der Waals surface area contributed by atoms with Gasteiger partial charge in [0, 0.05) is 12.7 Å². The van der Waals surface area contributed by atoms with Gasteiger partial charge in [-0.1, -0.05) is 6.07 Å². The van der Waals surface area contributed by atoms with Crippen LogP contribution in [-0.2, 0) is 40.5 Å². The molecule has 1 heterocycles. The molecular formula is C20H23N5O4S. The van der Waals surface area contributed by atoms with Crippen LogP contribution in [0.4, 0.5) is 5.69 Å². The van der Waals surface area contributed by atoms with E-state index in [9.17, 15) is 18.0 Å². The maximum absolute atomic E-state index is 12.6. The minimum atomic E-state index is -4.10. The lowest BCUT2D eigenvalue weighted by Crippen LogP contribution is -2.34. The first kappa shape index (κ1) is 20.4. The molecule has 10 heteroatoms. The molecule has 0 spiro atoms. The number of aryl methyl sites for hydroxylation is 2. The molecule has 158 valence electrons. The number of carbonyl (C=O) groups excluding carboxylic acids is 2. The lowest BCUT2D eigenvalue weighted by molar-refractivity contribution is -0.115. The van der Waals surface area contributed by atoms with Crippen molar-refractivity contribution in [3.63, 3.8) is 0 Å². The van der Waals surface area contributed by atoms with Gasteiger partial charge in [-0.3, -0.25) is 9.59 Å². The van der Waals surface area contributed by atoms with E-state index < -0.39 is 33.4 Å². The number of benzene rings is 1. The lowest BCUT2D eigenvalue weighted by Gasteiger charge is -2.16. The third-order valence-corrected chi connectivity index (χ3v) is 6.83. The molecule has 2 aliphatic carbocycles. The van der Waals surface area contributed by atoms with E-state index in [1.54, 1.807) is 0 Å². The Hall–Kier alpha value is -2.85.